The minimum Gasteiger partial charge on any atom is -0.490 e. The predicted octanol–water partition coefficient (Wildman–Crippen LogP) is 3.55. The third-order valence-electron chi connectivity index (χ3n) is 2.94. The van der Waals surface area contributed by atoms with Crippen LogP contribution in [0.25, 0.3) is 0 Å². The molecule has 0 saturated carbocycles. The zero-order valence-electron chi connectivity index (χ0n) is 14.1. The van der Waals surface area contributed by atoms with Crippen molar-refractivity contribution in [1.29, 1.82) is 0 Å². The van der Waals surface area contributed by atoms with Crippen LogP contribution in [0, 0.1) is 0 Å². The van der Waals surface area contributed by atoms with Gasteiger partial charge < -0.3 is 19.5 Å². The summed E-state index contributed by atoms with van der Waals surface area (Å²) in [6.07, 6.45) is 3.04. The van der Waals surface area contributed by atoms with Gasteiger partial charge in [-0.15, -0.1) is 0 Å². The Morgan fingerprint density at radius 2 is 2.05 bits per heavy atom. The Morgan fingerprint density at radius 3 is 2.73 bits per heavy atom. The Labute approximate surface area is 134 Å². The van der Waals surface area contributed by atoms with Gasteiger partial charge in [0.25, 0.3) is 0 Å². The zero-order chi connectivity index (χ0) is 16.2. The first-order chi connectivity index (χ1) is 10.7. The van der Waals surface area contributed by atoms with Gasteiger partial charge in [0, 0.05) is 13.2 Å². The standard InChI is InChI=1S/C18H29NO3/c1-5-11-22-17-9-8-16(13-18(17)20-6-2)14-19-10-7-12-21-15(3)4/h5,8-9,13,15,19H,1,6-7,10-12,14H2,2-4H3. The smallest absolute Gasteiger partial charge is 0.161 e. The van der Waals surface area contributed by atoms with Gasteiger partial charge in [-0.25, -0.2) is 0 Å². The van der Waals surface area contributed by atoms with Gasteiger partial charge in [0.05, 0.1) is 12.7 Å². The van der Waals surface area contributed by atoms with Crippen LogP contribution in [0.4, 0.5) is 0 Å². The van der Waals surface area contributed by atoms with E-state index in [0.29, 0.717) is 19.3 Å². The van der Waals surface area contributed by atoms with Crippen LogP contribution in [0.1, 0.15) is 32.8 Å². The molecule has 1 aromatic carbocycles. The summed E-state index contributed by atoms with van der Waals surface area (Å²) in [5.74, 6) is 1.54. The third-order valence-corrected chi connectivity index (χ3v) is 2.94. The van der Waals surface area contributed by atoms with Gasteiger partial charge in [-0.3, -0.25) is 0 Å². The summed E-state index contributed by atoms with van der Waals surface area (Å²) in [4.78, 5) is 0. The molecular weight excluding hydrogens is 278 g/mol. The normalized spacial score (nSPS) is 10.7. The van der Waals surface area contributed by atoms with E-state index in [0.717, 1.165) is 37.6 Å². The van der Waals surface area contributed by atoms with Gasteiger partial charge in [-0.2, -0.15) is 0 Å². The maximum Gasteiger partial charge on any atom is 0.161 e. The summed E-state index contributed by atoms with van der Waals surface area (Å²) in [7, 11) is 0. The third kappa shape index (κ3) is 7.48. The van der Waals surface area contributed by atoms with E-state index < -0.39 is 0 Å². The quantitative estimate of drug-likeness (QED) is 0.473. The number of nitrogens with one attached hydrogen (secondary N) is 1. The highest BCUT2D eigenvalue weighted by Crippen LogP contribution is 2.28. The zero-order valence-corrected chi connectivity index (χ0v) is 14.1. The lowest BCUT2D eigenvalue weighted by atomic mass is 10.2. The van der Waals surface area contributed by atoms with Crippen molar-refractivity contribution in [3.05, 3.63) is 36.4 Å². The largest absolute Gasteiger partial charge is 0.490 e. The molecule has 0 atom stereocenters. The van der Waals surface area contributed by atoms with E-state index in [4.69, 9.17) is 14.2 Å². The SMILES string of the molecule is C=CCOc1ccc(CNCCCOC(C)C)cc1OCC. The molecule has 4 nitrogen and oxygen atoms in total. The van der Waals surface area contributed by atoms with Gasteiger partial charge in [0.1, 0.15) is 6.61 Å². The van der Waals surface area contributed by atoms with E-state index in [1.807, 2.05) is 19.1 Å². The molecule has 0 bridgehead atoms. The maximum absolute atomic E-state index is 5.64. The number of hydrogen-bond acceptors (Lipinski definition) is 4. The molecule has 0 saturated heterocycles. The lowest BCUT2D eigenvalue weighted by molar-refractivity contribution is 0.0770. The summed E-state index contributed by atoms with van der Waals surface area (Å²) in [5.41, 5.74) is 1.18. The van der Waals surface area contributed by atoms with Gasteiger partial charge in [-0.1, -0.05) is 18.7 Å². The summed E-state index contributed by atoms with van der Waals surface area (Å²) in [5, 5.41) is 3.41. The van der Waals surface area contributed by atoms with Crippen LogP contribution >= 0.6 is 0 Å². The van der Waals surface area contributed by atoms with Gasteiger partial charge in [-0.05, 0) is 51.4 Å². The van der Waals surface area contributed by atoms with Crippen molar-refractivity contribution in [1.82, 2.24) is 5.32 Å². The molecule has 0 amide bonds. The molecule has 0 aliphatic carbocycles. The minimum atomic E-state index is 0.303. The fraction of sp³-hybridized carbons (Fsp3) is 0.556. The van der Waals surface area contributed by atoms with Crippen molar-refractivity contribution in [3.8, 4) is 11.5 Å². The highest BCUT2D eigenvalue weighted by Gasteiger charge is 2.06. The number of rotatable bonds is 12. The van der Waals surface area contributed by atoms with Crippen LogP contribution in [0.3, 0.4) is 0 Å². The lowest BCUT2D eigenvalue weighted by Gasteiger charge is -2.13. The van der Waals surface area contributed by atoms with Crippen molar-refractivity contribution in [3.63, 3.8) is 0 Å². The molecule has 0 heterocycles. The molecule has 0 radical (unpaired) electrons. The van der Waals surface area contributed by atoms with Crippen LogP contribution in [0.5, 0.6) is 11.5 Å². The lowest BCUT2D eigenvalue weighted by Crippen LogP contribution is -2.17. The summed E-state index contributed by atoms with van der Waals surface area (Å²) in [6, 6.07) is 6.03. The highest BCUT2D eigenvalue weighted by molar-refractivity contribution is 5.43. The van der Waals surface area contributed by atoms with Gasteiger partial charge in [0.2, 0.25) is 0 Å². The highest BCUT2D eigenvalue weighted by atomic mass is 16.5. The van der Waals surface area contributed by atoms with Gasteiger partial charge >= 0.3 is 0 Å². The molecule has 0 aromatic heterocycles. The molecule has 0 aliphatic heterocycles. The molecule has 0 unspecified atom stereocenters. The maximum atomic E-state index is 5.64. The van der Waals surface area contributed by atoms with E-state index in [2.05, 4.69) is 31.8 Å². The van der Waals surface area contributed by atoms with Crippen LogP contribution in [0.2, 0.25) is 0 Å². The molecule has 0 aliphatic rings. The average molecular weight is 307 g/mol. The Hall–Kier alpha value is -1.52. The predicted molar refractivity (Wildman–Crippen MR) is 90.7 cm³/mol. The van der Waals surface area contributed by atoms with Crippen molar-refractivity contribution >= 4 is 0 Å². The second-order valence-corrected chi connectivity index (χ2v) is 5.26. The van der Waals surface area contributed by atoms with Crippen LogP contribution in [-0.2, 0) is 11.3 Å². The van der Waals surface area contributed by atoms with Gasteiger partial charge in [0.15, 0.2) is 11.5 Å². The van der Waals surface area contributed by atoms with Crippen LogP contribution in [-0.4, -0.2) is 32.5 Å². The first-order valence-electron chi connectivity index (χ1n) is 7.99. The van der Waals surface area contributed by atoms with E-state index in [9.17, 15) is 0 Å². The Morgan fingerprint density at radius 1 is 1.23 bits per heavy atom. The number of benzene rings is 1. The second-order valence-electron chi connectivity index (χ2n) is 5.26. The minimum absolute atomic E-state index is 0.303. The molecular formula is C18H29NO3. The molecule has 0 fully saturated rings. The van der Waals surface area contributed by atoms with Crippen molar-refractivity contribution in [2.75, 3.05) is 26.4 Å². The molecule has 0 spiro atoms. The van der Waals surface area contributed by atoms with E-state index in [-0.39, 0.29) is 0 Å². The van der Waals surface area contributed by atoms with Crippen LogP contribution in [0.15, 0.2) is 30.9 Å². The van der Waals surface area contributed by atoms with Crippen molar-refractivity contribution < 1.29 is 14.2 Å². The fourth-order valence-electron chi connectivity index (χ4n) is 1.95. The Balaban J connectivity index is 2.42. The molecule has 22 heavy (non-hydrogen) atoms. The number of ether oxygens (including phenoxy) is 3. The second kappa shape index (κ2) is 11.1. The van der Waals surface area contributed by atoms with E-state index in [1.54, 1.807) is 6.08 Å². The first kappa shape index (κ1) is 18.5. The van der Waals surface area contributed by atoms with Crippen molar-refractivity contribution in [2.24, 2.45) is 0 Å². The van der Waals surface area contributed by atoms with E-state index >= 15 is 0 Å². The molecule has 1 rings (SSSR count). The molecule has 124 valence electrons. The van der Waals surface area contributed by atoms with E-state index in [1.165, 1.54) is 5.56 Å². The fourth-order valence-corrected chi connectivity index (χ4v) is 1.95. The van der Waals surface area contributed by atoms with Crippen molar-refractivity contribution in [2.45, 2.75) is 39.8 Å². The average Bonchev–Trinajstić information content (AvgIpc) is 2.50. The topological polar surface area (TPSA) is 39.7 Å². The summed E-state index contributed by atoms with van der Waals surface area (Å²) >= 11 is 0. The molecule has 1 N–H and O–H groups in total. The summed E-state index contributed by atoms with van der Waals surface area (Å²) in [6.45, 7) is 13.4. The van der Waals surface area contributed by atoms with Crippen LogP contribution < -0.4 is 14.8 Å². The first-order valence-corrected chi connectivity index (χ1v) is 7.99. The Kier molecular flexibility index (Phi) is 9.35. The molecule has 4 heteroatoms. The Bertz CT molecular complexity index is 432. The monoisotopic (exact) mass is 307 g/mol. The number of hydrogen-bond donors (Lipinski definition) is 1. The summed E-state index contributed by atoms with van der Waals surface area (Å²) < 4.78 is 16.7. The molecule has 1 aromatic rings.